The second-order valence-corrected chi connectivity index (χ2v) is 6.86. The summed E-state index contributed by atoms with van der Waals surface area (Å²) in [6.07, 6.45) is -5.18. The molecule has 2 aromatic carbocycles. The molecule has 2 saturated heterocycles. The molecule has 2 aliphatic heterocycles. The lowest BCUT2D eigenvalue weighted by Crippen LogP contribution is -2.62. The van der Waals surface area contributed by atoms with E-state index in [2.05, 4.69) is 0 Å². The van der Waals surface area contributed by atoms with Crippen LogP contribution in [0.15, 0.2) is 54.6 Å². The first-order chi connectivity index (χ1) is 13.7. The molecule has 0 saturated carbocycles. The first-order valence-corrected chi connectivity index (χ1v) is 9.24. The zero-order valence-corrected chi connectivity index (χ0v) is 15.5. The Balaban J connectivity index is 1.37. The highest BCUT2D eigenvalue weighted by atomic mass is 16.8. The summed E-state index contributed by atoms with van der Waals surface area (Å²) < 4.78 is 28.3. The molecule has 1 unspecified atom stereocenters. The third-order valence-electron chi connectivity index (χ3n) is 4.98. The van der Waals surface area contributed by atoms with Crippen LogP contribution in [0.5, 0.6) is 5.75 Å². The van der Waals surface area contributed by atoms with Gasteiger partial charge in [-0.25, -0.2) is 0 Å². The van der Waals surface area contributed by atoms with E-state index >= 15 is 0 Å². The predicted octanol–water partition coefficient (Wildman–Crippen LogP) is 1.77. The molecule has 0 aliphatic carbocycles. The van der Waals surface area contributed by atoms with E-state index < -0.39 is 37.0 Å². The van der Waals surface area contributed by atoms with E-state index in [1.165, 1.54) is 0 Å². The van der Waals surface area contributed by atoms with Crippen LogP contribution in [0.3, 0.4) is 0 Å². The SMILES string of the molecule is COc1ccc(CO[C@@H]2O[C@@H]3COC(c4ccccc4)O[C@H]3[C@H](O)[C@H]2O)cc1. The van der Waals surface area contributed by atoms with Gasteiger partial charge >= 0.3 is 0 Å². The molecule has 0 spiro atoms. The Kier molecular flexibility index (Phi) is 5.91. The minimum atomic E-state index is -1.23. The normalized spacial score (nSPS) is 32.5. The molecular formula is C21H24O7. The van der Waals surface area contributed by atoms with E-state index in [-0.39, 0.29) is 13.2 Å². The number of hydrogen-bond donors (Lipinski definition) is 2. The quantitative estimate of drug-likeness (QED) is 0.807. The predicted molar refractivity (Wildman–Crippen MR) is 98.5 cm³/mol. The first-order valence-electron chi connectivity index (χ1n) is 9.24. The number of rotatable bonds is 5. The Labute approximate surface area is 163 Å². The largest absolute Gasteiger partial charge is 0.497 e. The summed E-state index contributed by atoms with van der Waals surface area (Å²) >= 11 is 0. The number of methoxy groups -OCH3 is 1. The summed E-state index contributed by atoms with van der Waals surface area (Å²) in [7, 11) is 1.60. The third kappa shape index (κ3) is 4.05. The van der Waals surface area contributed by atoms with Gasteiger partial charge in [0.2, 0.25) is 0 Å². The van der Waals surface area contributed by atoms with E-state index in [1.807, 2.05) is 54.6 Å². The van der Waals surface area contributed by atoms with E-state index in [0.29, 0.717) is 0 Å². The topological polar surface area (TPSA) is 86.6 Å². The second-order valence-electron chi connectivity index (χ2n) is 6.86. The van der Waals surface area contributed by atoms with Crippen molar-refractivity contribution in [2.24, 2.45) is 0 Å². The molecule has 6 atom stereocenters. The number of benzene rings is 2. The Morgan fingerprint density at radius 2 is 1.71 bits per heavy atom. The second kappa shape index (κ2) is 8.57. The van der Waals surface area contributed by atoms with Crippen LogP contribution >= 0.6 is 0 Å². The van der Waals surface area contributed by atoms with Crippen LogP contribution in [-0.2, 0) is 25.6 Å². The monoisotopic (exact) mass is 388 g/mol. The summed E-state index contributed by atoms with van der Waals surface area (Å²) in [6.45, 7) is 0.459. The lowest BCUT2D eigenvalue weighted by atomic mass is 9.98. The minimum Gasteiger partial charge on any atom is -0.497 e. The molecule has 2 heterocycles. The number of fused-ring (bicyclic) bond motifs is 1. The molecule has 2 aromatic rings. The number of aliphatic hydroxyl groups is 2. The summed E-state index contributed by atoms with van der Waals surface area (Å²) in [5.74, 6) is 0.750. The van der Waals surface area contributed by atoms with Crippen molar-refractivity contribution in [3.63, 3.8) is 0 Å². The maximum absolute atomic E-state index is 10.6. The summed E-state index contributed by atoms with van der Waals surface area (Å²) in [6, 6.07) is 16.8. The molecular weight excluding hydrogens is 364 g/mol. The fourth-order valence-corrected chi connectivity index (χ4v) is 3.39. The van der Waals surface area contributed by atoms with Crippen molar-refractivity contribution >= 4 is 0 Å². The molecule has 28 heavy (non-hydrogen) atoms. The van der Waals surface area contributed by atoms with Crippen molar-refractivity contribution in [2.45, 2.75) is 43.6 Å². The van der Waals surface area contributed by atoms with Crippen molar-refractivity contribution in [3.8, 4) is 5.75 Å². The zero-order chi connectivity index (χ0) is 19.5. The van der Waals surface area contributed by atoms with Crippen LogP contribution < -0.4 is 4.74 Å². The van der Waals surface area contributed by atoms with Crippen LogP contribution in [0.25, 0.3) is 0 Å². The maximum atomic E-state index is 10.6. The molecule has 150 valence electrons. The number of hydrogen-bond acceptors (Lipinski definition) is 7. The smallest absolute Gasteiger partial charge is 0.187 e. The molecule has 7 heteroatoms. The van der Waals surface area contributed by atoms with Gasteiger partial charge in [-0.1, -0.05) is 42.5 Å². The van der Waals surface area contributed by atoms with Gasteiger partial charge in [0.15, 0.2) is 12.6 Å². The lowest BCUT2D eigenvalue weighted by Gasteiger charge is -2.46. The van der Waals surface area contributed by atoms with E-state index in [4.69, 9.17) is 23.7 Å². The van der Waals surface area contributed by atoms with Crippen molar-refractivity contribution in [1.29, 1.82) is 0 Å². The van der Waals surface area contributed by atoms with E-state index in [1.54, 1.807) is 7.11 Å². The average Bonchev–Trinajstić information content (AvgIpc) is 2.76. The van der Waals surface area contributed by atoms with Crippen LogP contribution in [0.2, 0.25) is 0 Å². The van der Waals surface area contributed by atoms with E-state index in [0.717, 1.165) is 16.9 Å². The van der Waals surface area contributed by atoms with Crippen LogP contribution in [0.1, 0.15) is 17.4 Å². The van der Waals surface area contributed by atoms with Gasteiger partial charge in [0.25, 0.3) is 0 Å². The molecule has 7 nitrogen and oxygen atoms in total. The molecule has 0 amide bonds. The molecule has 2 N–H and O–H groups in total. The minimum absolute atomic E-state index is 0.226. The van der Waals surface area contributed by atoms with Gasteiger partial charge in [0.05, 0.1) is 20.3 Å². The van der Waals surface area contributed by atoms with Gasteiger partial charge in [-0.05, 0) is 17.7 Å². The van der Waals surface area contributed by atoms with Crippen molar-refractivity contribution in [2.75, 3.05) is 13.7 Å². The first kappa shape index (κ1) is 19.3. The average molecular weight is 388 g/mol. The Hall–Kier alpha value is -2.00. The highest BCUT2D eigenvalue weighted by Crippen LogP contribution is 2.34. The summed E-state index contributed by atoms with van der Waals surface area (Å²) in [4.78, 5) is 0. The van der Waals surface area contributed by atoms with E-state index in [9.17, 15) is 10.2 Å². The van der Waals surface area contributed by atoms with Gasteiger partial charge in [-0.15, -0.1) is 0 Å². The van der Waals surface area contributed by atoms with Crippen molar-refractivity contribution in [1.82, 2.24) is 0 Å². The highest BCUT2D eigenvalue weighted by Gasteiger charge is 2.49. The fourth-order valence-electron chi connectivity index (χ4n) is 3.39. The number of ether oxygens (including phenoxy) is 5. The van der Waals surface area contributed by atoms with Crippen LogP contribution in [0.4, 0.5) is 0 Å². The molecule has 0 radical (unpaired) electrons. The number of aliphatic hydroxyl groups excluding tert-OH is 2. The molecule has 0 aromatic heterocycles. The van der Waals surface area contributed by atoms with Crippen molar-refractivity contribution < 1.29 is 33.9 Å². The third-order valence-corrected chi connectivity index (χ3v) is 4.98. The molecule has 0 bridgehead atoms. The van der Waals surface area contributed by atoms with Gasteiger partial charge in [-0.2, -0.15) is 0 Å². The fraction of sp³-hybridized carbons (Fsp3) is 0.429. The molecule has 2 fully saturated rings. The highest BCUT2D eigenvalue weighted by molar-refractivity contribution is 5.26. The molecule has 2 aliphatic rings. The Bertz CT molecular complexity index is 749. The van der Waals surface area contributed by atoms with Gasteiger partial charge < -0.3 is 33.9 Å². The summed E-state index contributed by atoms with van der Waals surface area (Å²) in [5.41, 5.74) is 1.74. The lowest BCUT2D eigenvalue weighted by molar-refractivity contribution is -0.362. The van der Waals surface area contributed by atoms with Crippen molar-refractivity contribution in [3.05, 3.63) is 65.7 Å². The standard InChI is InChI=1S/C21H24O7/c1-24-15-9-7-13(8-10-15)11-25-21-18(23)17(22)19-16(27-21)12-26-20(28-19)14-5-3-2-4-6-14/h2-10,16-23H,11-12H2,1H3/t16-,17-,18-,19-,20?,21-/m1/s1. The van der Waals surface area contributed by atoms with Gasteiger partial charge in [-0.3, -0.25) is 0 Å². The van der Waals surface area contributed by atoms with Gasteiger partial charge in [0.1, 0.15) is 30.2 Å². The van der Waals surface area contributed by atoms with Crippen LogP contribution in [-0.4, -0.2) is 54.6 Å². The zero-order valence-electron chi connectivity index (χ0n) is 15.5. The maximum Gasteiger partial charge on any atom is 0.187 e. The van der Waals surface area contributed by atoms with Gasteiger partial charge in [0, 0.05) is 5.56 Å². The molecule has 4 rings (SSSR count). The summed E-state index contributed by atoms with van der Waals surface area (Å²) in [5, 5.41) is 21.0. The Morgan fingerprint density at radius 3 is 2.43 bits per heavy atom. The Morgan fingerprint density at radius 1 is 0.964 bits per heavy atom. The van der Waals surface area contributed by atoms with Crippen LogP contribution in [0, 0.1) is 0 Å².